The molecule has 0 radical (unpaired) electrons. The Morgan fingerprint density at radius 1 is 0.861 bits per heavy atom. The van der Waals surface area contributed by atoms with E-state index in [1.54, 1.807) is 7.11 Å². The summed E-state index contributed by atoms with van der Waals surface area (Å²) >= 11 is 0. The molecule has 0 unspecified atom stereocenters. The smallest absolute Gasteiger partial charge is 0.256 e. The zero-order chi connectivity index (χ0) is 25.3. The second-order valence-corrected chi connectivity index (χ2v) is 9.13. The molecule has 1 amide bonds. The summed E-state index contributed by atoms with van der Waals surface area (Å²) in [5.74, 6) is 1.74. The summed E-state index contributed by atoms with van der Waals surface area (Å²) < 4.78 is 16.3. The van der Waals surface area contributed by atoms with Crippen LogP contribution in [0.4, 0.5) is 5.69 Å². The Morgan fingerprint density at radius 3 is 2.11 bits per heavy atom. The average Bonchev–Trinajstić information content (AvgIpc) is 3.73. The zero-order valence-electron chi connectivity index (χ0n) is 21.2. The summed E-state index contributed by atoms with van der Waals surface area (Å²) in [7, 11) is 5.62. The van der Waals surface area contributed by atoms with Gasteiger partial charge in [-0.3, -0.25) is 4.79 Å². The first kappa shape index (κ1) is 25.5. The number of anilines is 1. The number of carbonyl (C=O) groups excluding carboxylic acids is 1. The lowest BCUT2D eigenvalue weighted by molar-refractivity contribution is -0.111. The minimum Gasteiger partial charge on any atom is -0.492 e. The van der Waals surface area contributed by atoms with Gasteiger partial charge in [-0.1, -0.05) is 42.5 Å². The molecule has 1 N–H and O–H groups in total. The van der Waals surface area contributed by atoms with Crippen molar-refractivity contribution in [3.63, 3.8) is 0 Å². The van der Waals surface area contributed by atoms with Gasteiger partial charge >= 0.3 is 0 Å². The van der Waals surface area contributed by atoms with Gasteiger partial charge in [-0.15, -0.1) is 0 Å². The third-order valence-electron chi connectivity index (χ3n) is 5.97. The number of benzene rings is 3. The quantitative estimate of drug-likeness (QED) is 0.206. The zero-order valence-corrected chi connectivity index (χ0v) is 21.2. The van der Waals surface area contributed by atoms with Gasteiger partial charge < -0.3 is 24.4 Å². The summed E-state index contributed by atoms with van der Waals surface area (Å²) in [4.78, 5) is 15.8. The van der Waals surface area contributed by atoms with E-state index in [4.69, 9.17) is 14.2 Å². The van der Waals surface area contributed by atoms with Gasteiger partial charge in [-0.2, -0.15) is 0 Å². The number of hydrogen-bond acceptors (Lipinski definition) is 5. The van der Waals surface area contributed by atoms with Gasteiger partial charge in [0.1, 0.15) is 18.1 Å². The Kier molecular flexibility index (Phi) is 8.76. The molecule has 0 atom stereocenters. The molecule has 1 fully saturated rings. The second-order valence-electron chi connectivity index (χ2n) is 9.13. The molecule has 0 heterocycles. The maximum absolute atomic E-state index is 13.8. The van der Waals surface area contributed by atoms with Crippen molar-refractivity contribution >= 4 is 22.7 Å². The lowest BCUT2D eigenvalue weighted by Gasteiger charge is -2.17. The number of methoxy groups -OCH3 is 1. The van der Waals surface area contributed by atoms with Crippen molar-refractivity contribution in [3.8, 4) is 11.5 Å². The van der Waals surface area contributed by atoms with Gasteiger partial charge in [0.25, 0.3) is 5.91 Å². The number of amides is 1. The van der Waals surface area contributed by atoms with Gasteiger partial charge in [-0.05, 0) is 86.0 Å². The molecule has 4 rings (SSSR count). The fourth-order valence-corrected chi connectivity index (χ4v) is 4.00. The number of hydrogen-bond donors (Lipinski definition) is 1. The third kappa shape index (κ3) is 6.97. The molecule has 188 valence electrons. The van der Waals surface area contributed by atoms with Crippen LogP contribution in [0.15, 0.2) is 78.9 Å². The number of rotatable bonds is 12. The Hall–Kier alpha value is -3.61. The van der Waals surface area contributed by atoms with Crippen LogP contribution in [0.1, 0.15) is 24.0 Å². The second kappa shape index (κ2) is 12.4. The largest absolute Gasteiger partial charge is 0.492 e. The fourth-order valence-electron chi connectivity index (χ4n) is 4.00. The first-order valence-corrected chi connectivity index (χ1v) is 12.3. The highest BCUT2D eigenvalue weighted by Gasteiger charge is 2.32. The monoisotopic (exact) mass is 486 g/mol. The van der Waals surface area contributed by atoms with E-state index < -0.39 is 0 Å². The average molecular weight is 487 g/mol. The number of carbonyl (C=O) groups is 1. The number of allylic oxidation sites excluding steroid dienone is 1. The summed E-state index contributed by atoms with van der Waals surface area (Å²) in [6.07, 6.45) is 2.14. The molecule has 1 saturated carbocycles. The highest BCUT2D eigenvalue weighted by Crippen LogP contribution is 2.46. The third-order valence-corrected chi connectivity index (χ3v) is 5.97. The predicted molar refractivity (Wildman–Crippen MR) is 144 cm³/mol. The molecule has 36 heavy (non-hydrogen) atoms. The van der Waals surface area contributed by atoms with E-state index in [9.17, 15) is 4.79 Å². The topological polar surface area (TPSA) is 60.0 Å². The molecule has 6 nitrogen and oxygen atoms in total. The van der Waals surface area contributed by atoms with Crippen LogP contribution in [0.3, 0.4) is 0 Å². The highest BCUT2D eigenvalue weighted by atomic mass is 16.7. The van der Waals surface area contributed by atoms with Crippen LogP contribution in [0.5, 0.6) is 11.5 Å². The van der Waals surface area contributed by atoms with E-state index in [0.29, 0.717) is 18.1 Å². The van der Waals surface area contributed by atoms with Crippen LogP contribution >= 0.6 is 0 Å². The van der Waals surface area contributed by atoms with Gasteiger partial charge in [0.05, 0.1) is 5.57 Å². The molecule has 0 spiro atoms. The highest BCUT2D eigenvalue weighted by molar-refractivity contribution is 6.31. The molecule has 0 aliphatic heterocycles. The van der Waals surface area contributed by atoms with Crippen molar-refractivity contribution < 1.29 is 19.0 Å². The molecule has 3 aromatic carbocycles. The Balaban J connectivity index is 1.61. The first-order valence-electron chi connectivity index (χ1n) is 12.3. The van der Waals surface area contributed by atoms with Crippen molar-refractivity contribution in [2.24, 2.45) is 5.92 Å². The van der Waals surface area contributed by atoms with Crippen LogP contribution in [-0.4, -0.2) is 52.0 Å². The maximum Gasteiger partial charge on any atom is 0.256 e. The van der Waals surface area contributed by atoms with Gasteiger partial charge in [0.2, 0.25) is 0 Å². The van der Waals surface area contributed by atoms with Crippen LogP contribution in [-0.2, 0) is 9.53 Å². The maximum atomic E-state index is 13.8. The molecular formula is C30H34N2O4. The molecule has 1 aliphatic carbocycles. The summed E-state index contributed by atoms with van der Waals surface area (Å²) in [5.41, 5.74) is 4.43. The minimum atomic E-state index is -0.121. The Morgan fingerprint density at radius 2 is 1.50 bits per heavy atom. The van der Waals surface area contributed by atoms with E-state index in [1.165, 1.54) is 0 Å². The van der Waals surface area contributed by atoms with Crippen molar-refractivity contribution in [2.45, 2.75) is 12.8 Å². The lowest BCUT2D eigenvalue weighted by atomic mass is 9.90. The molecular weight excluding hydrogens is 452 g/mol. The van der Waals surface area contributed by atoms with E-state index in [2.05, 4.69) is 10.2 Å². The molecule has 1 aliphatic rings. The van der Waals surface area contributed by atoms with E-state index in [-0.39, 0.29) is 12.7 Å². The van der Waals surface area contributed by atoms with Gasteiger partial charge in [-0.25, -0.2) is 0 Å². The lowest BCUT2D eigenvalue weighted by Crippen LogP contribution is -2.19. The molecule has 6 heteroatoms. The molecule has 0 aromatic heterocycles. The van der Waals surface area contributed by atoms with Crippen LogP contribution < -0.4 is 14.8 Å². The van der Waals surface area contributed by atoms with Gasteiger partial charge in [0.15, 0.2) is 6.79 Å². The molecule has 0 saturated heterocycles. The van der Waals surface area contributed by atoms with Gasteiger partial charge in [0, 0.05) is 19.3 Å². The number of nitrogens with zero attached hydrogens (tertiary/aromatic N) is 1. The Labute approximate surface area is 213 Å². The normalized spacial score (nSPS) is 13.8. The summed E-state index contributed by atoms with van der Waals surface area (Å²) in [6.45, 7) is 1.65. The van der Waals surface area contributed by atoms with E-state index >= 15 is 0 Å². The van der Waals surface area contributed by atoms with Crippen molar-refractivity contribution in [1.82, 2.24) is 4.90 Å². The van der Waals surface area contributed by atoms with E-state index in [0.717, 1.165) is 53.3 Å². The standard InChI is InChI=1S/C30H34N2O4/c1-32(2)19-20-35-26-17-13-25(14-18-26)31-30(33)29(22-7-5-4-6-8-22)28(23-9-10-23)24-11-15-27(16-12-24)36-21-34-3/h4-8,11-18,23H,9-10,19-21H2,1-3H3,(H,31,33)/b29-28-. The van der Waals surface area contributed by atoms with Crippen molar-refractivity contribution in [1.29, 1.82) is 0 Å². The van der Waals surface area contributed by atoms with Crippen molar-refractivity contribution in [3.05, 3.63) is 90.0 Å². The van der Waals surface area contributed by atoms with E-state index in [1.807, 2.05) is 93.0 Å². The summed E-state index contributed by atoms with van der Waals surface area (Å²) in [5, 5.41) is 3.11. The number of nitrogens with one attached hydrogen (secondary N) is 1. The minimum absolute atomic E-state index is 0.121. The molecule has 3 aromatic rings. The molecule has 0 bridgehead atoms. The van der Waals surface area contributed by atoms with Crippen molar-refractivity contribution in [2.75, 3.05) is 46.5 Å². The number of likely N-dealkylation sites (N-methyl/N-ethyl adjacent to an activating group) is 1. The first-order chi connectivity index (χ1) is 17.5. The van der Waals surface area contributed by atoms with Crippen LogP contribution in [0, 0.1) is 5.92 Å². The van der Waals surface area contributed by atoms with Crippen LogP contribution in [0.25, 0.3) is 11.1 Å². The fraction of sp³-hybridized carbons (Fsp3) is 0.300. The predicted octanol–water partition coefficient (Wildman–Crippen LogP) is 5.57. The number of ether oxygens (including phenoxy) is 3. The summed E-state index contributed by atoms with van der Waals surface area (Å²) in [6, 6.07) is 25.3. The SMILES string of the molecule is COCOc1ccc(/C(=C(\C(=O)Nc2ccc(OCCN(C)C)cc2)c2ccccc2)C2CC2)cc1. The van der Waals surface area contributed by atoms with Crippen LogP contribution in [0.2, 0.25) is 0 Å². The Bertz CT molecular complexity index is 1150.